The monoisotopic (exact) mass is 194 g/mol. The van der Waals surface area contributed by atoms with Crippen molar-refractivity contribution in [2.45, 2.75) is 13.8 Å². The molecule has 2 N–H and O–H groups in total. The molecule has 0 saturated carbocycles. The van der Waals surface area contributed by atoms with Crippen molar-refractivity contribution < 1.29 is 0 Å². The minimum atomic E-state index is 0.584. The van der Waals surface area contributed by atoms with Crippen LogP contribution >= 0.6 is 11.3 Å². The van der Waals surface area contributed by atoms with Crippen LogP contribution in [0.4, 0.5) is 5.13 Å². The highest BCUT2D eigenvalue weighted by atomic mass is 32.1. The molecular weight excluding hydrogens is 184 g/mol. The van der Waals surface area contributed by atoms with Crippen LogP contribution in [-0.2, 0) is 0 Å². The smallest absolute Gasteiger partial charge is 0.182 e. The number of aryl methyl sites for hydroxylation is 2. The van der Waals surface area contributed by atoms with E-state index in [-0.39, 0.29) is 0 Å². The van der Waals surface area contributed by atoms with Crippen molar-refractivity contribution in [1.82, 2.24) is 14.8 Å². The van der Waals surface area contributed by atoms with E-state index in [1.165, 1.54) is 11.3 Å². The summed E-state index contributed by atoms with van der Waals surface area (Å²) in [5, 5.41) is 4.84. The van der Waals surface area contributed by atoms with E-state index in [1.54, 1.807) is 4.68 Å². The fourth-order valence-corrected chi connectivity index (χ4v) is 1.83. The van der Waals surface area contributed by atoms with Gasteiger partial charge in [0.05, 0.1) is 5.69 Å². The molecule has 4 nitrogen and oxygen atoms in total. The van der Waals surface area contributed by atoms with E-state index in [0.29, 0.717) is 5.13 Å². The number of aromatic nitrogens is 3. The third-order valence-corrected chi connectivity index (χ3v) is 2.52. The normalized spacial score (nSPS) is 10.6. The quantitative estimate of drug-likeness (QED) is 0.749. The number of thiazole rings is 1. The first-order chi connectivity index (χ1) is 6.16. The topological polar surface area (TPSA) is 56.7 Å². The summed E-state index contributed by atoms with van der Waals surface area (Å²) in [6.07, 6.45) is 1.89. The van der Waals surface area contributed by atoms with Gasteiger partial charge in [0.15, 0.2) is 10.9 Å². The summed E-state index contributed by atoms with van der Waals surface area (Å²) < 4.78 is 1.75. The summed E-state index contributed by atoms with van der Waals surface area (Å²) in [5.74, 6) is 0.829. The Bertz CT molecular complexity index is 429. The Morgan fingerprint density at radius 3 is 2.69 bits per heavy atom. The number of nitrogens with zero attached hydrogens (tertiary/aromatic N) is 3. The van der Waals surface area contributed by atoms with E-state index in [2.05, 4.69) is 10.1 Å². The van der Waals surface area contributed by atoms with E-state index in [1.807, 2.05) is 26.1 Å². The molecule has 0 unspecified atom stereocenters. The fourth-order valence-electron chi connectivity index (χ4n) is 1.15. The van der Waals surface area contributed by atoms with Gasteiger partial charge in [-0.05, 0) is 19.9 Å². The van der Waals surface area contributed by atoms with Crippen molar-refractivity contribution >= 4 is 16.5 Å². The molecule has 0 aromatic carbocycles. The van der Waals surface area contributed by atoms with Crippen LogP contribution in [0, 0.1) is 13.8 Å². The van der Waals surface area contributed by atoms with E-state index in [9.17, 15) is 0 Å². The van der Waals surface area contributed by atoms with Crippen molar-refractivity contribution in [3.8, 4) is 5.82 Å². The van der Waals surface area contributed by atoms with E-state index < -0.39 is 0 Å². The fraction of sp³-hybridized carbons (Fsp3) is 0.250. The van der Waals surface area contributed by atoms with Crippen LogP contribution in [-0.4, -0.2) is 14.8 Å². The van der Waals surface area contributed by atoms with Crippen LogP contribution in [0.2, 0.25) is 0 Å². The highest BCUT2D eigenvalue weighted by Crippen LogP contribution is 2.21. The van der Waals surface area contributed by atoms with Gasteiger partial charge in [0, 0.05) is 11.1 Å². The third kappa shape index (κ3) is 1.42. The first-order valence-corrected chi connectivity index (χ1v) is 4.74. The van der Waals surface area contributed by atoms with Crippen LogP contribution in [0.1, 0.15) is 10.6 Å². The number of nitrogens with two attached hydrogens (primary N) is 1. The first-order valence-electron chi connectivity index (χ1n) is 3.92. The zero-order chi connectivity index (χ0) is 9.42. The second-order valence-electron chi connectivity index (χ2n) is 2.83. The van der Waals surface area contributed by atoms with Gasteiger partial charge in [0.2, 0.25) is 0 Å². The van der Waals surface area contributed by atoms with E-state index in [0.717, 1.165) is 16.4 Å². The Kier molecular flexibility index (Phi) is 1.81. The van der Waals surface area contributed by atoms with Gasteiger partial charge >= 0.3 is 0 Å². The Morgan fingerprint density at radius 1 is 1.46 bits per heavy atom. The van der Waals surface area contributed by atoms with Crippen molar-refractivity contribution in [2.24, 2.45) is 0 Å². The molecule has 2 heterocycles. The van der Waals surface area contributed by atoms with Crippen LogP contribution in [0.3, 0.4) is 0 Å². The molecule has 0 aliphatic heterocycles. The molecular formula is C8H10N4S. The van der Waals surface area contributed by atoms with Gasteiger partial charge in [0.25, 0.3) is 0 Å². The molecule has 0 bridgehead atoms. The number of anilines is 1. The highest BCUT2D eigenvalue weighted by molar-refractivity contribution is 7.15. The Balaban J connectivity index is 2.51. The predicted molar refractivity (Wildman–Crippen MR) is 53.1 cm³/mol. The van der Waals surface area contributed by atoms with Gasteiger partial charge in [-0.3, -0.25) is 0 Å². The maximum absolute atomic E-state index is 5.59. The minimum absolute atomic E-state index is 0.584. The minimum Gasteiger partial charge on any atom is -0.375 e. The summed E-state index contributed by atoms with van der Waals surface area (Å²) >= 11 is 1.48. The maximum Gasteiger partial charge on any atom is 0.182 e. The predicted octanol–water partition coefficient (Wildman–Crippen LogP) is 1.53. The third-order valence-electron chi connectivity index (χ3n) is 1.73. The maximum atomic E-state index is 5.59. The lowest BCUT2D eigenvalue weighted by Gasteiger charge is -1.95. The molecule has 2 rings (SSSR count). The van der Waals surface area contributed by atoms with Crippen LogP contribution in [0.15, 0.2) is 12.3 Å². The van der Waals surface area contributed by atoms with Gasteiger partial charge in [-0.25, -0.2) is 9.67 Å². The van der Waals surface area contributed by atoms with Gasteiger partial charge in [-0.1, -0.05) is 0 Å². The molecule has 0 saturated heterocycles. The summed E-state index contributed by atoms with van der Waals surface area (Å²) in [5.41, 5.74) is 6.57. The van der Waals surface area contributed by atoms with Gasteiger partial charge < -0.3 is 5.73 Å². The number of rotatable bonds is 1. The molecule has 0 aliphatic rings. The Labute approximate surface area is 80.0 Å². The van der Waals surface area contributed by atoms with Crippen molar-refractivity contribution in [3.63, 3.8) is 0 Å². The molecule has 0 radical (unpaired) electrons. The average molecular weight is 194 g/mol. The summed E-state index contributed by atoms with van der Waals surface area (Å²) in [6.45, 7) is 3.93. The number of hydrogen-bond acceptors (Lipinski definition) is 4. The lowest BCUT2D eigenvalue weighted by Crippen LogP contribution is -1.97. The number of hydrogen-bond donors (Lipinski definition) is 1. The summed E-state index contributed by atoms with van der Waals surface area (Å²) in [4.78, 5) is 5.27. The molecule has 5 heteroatoms. The Hall–Kier alpha value is -1.36. The highest BCUT2D eigenvalue weighted by Gasteiger charge is 2.07. The van der Waals surface area contributed by atoms with Crippen molar-refractivity contribution in [1.29, 1.82) is 0 Å². The lowest BCUT2D eigenvalue weighted by atomic mass is 10.5. The molecule has 13 heavy (non-hydrogen) atoms. The van der Waals surface area contributed by atoms with E-state index >= 15 is 0 Å². The van der Waals surface area contributed by atoms with Gasteiger partial charge in [-0.15, -0.1) is 11.3 Å². The largest absolute Gasteiger partial charge is 0.375 e. The summed E-state index contributed by atoms with van der Waals surface area (Å²) in [7, 11) is 0. The average Bonchev–Trinajstić information content (AvgIpc) is 2.58. The molecule has 68 valence electrons. The van der Waals surface area contributed by atoms with Crippen LogP contribution in [0.5, 0.6) is 0 Å². The lowest BCUT2D eigenvalue weighted by molar-refractivity contribution is 0.835. The SMILES string of the molecule is Cc1ccn(-c2nc(N)sc2C)n1. The molecule has 0 fully saturated rings. The van der Waals surface area contributed by atoms with Crippen LogP contribution in [0.25, 0.3) is 5.82 Å². The molecule has 0 aliphatic carbocycles. The Morgan fingerprint density at radius 2 is 2.23 bits per heavy atom. The van der Waals surface area contributed by atoms with E-state index in [4.69, 9.17) is 5.73 Å². The molecule has 0 atom stereocenters. The molecule has 0 amide bonds. The zero-order valence-corrected chi connectivity index (χ0v) is 8.30. The summed E-state index contributed by atoms with van der Waals surface area (Å²) in [6, 6.07) is 1.94. The van der Waals surface area contributed by atoms with Gasteiger partial charge in [0.1, 0.15) is 0 Å². The van der Waals surface area contributed by atoms with Crippen molar-refractivity contribution in [3.05, 3.63) is 22.8 Å². The standard InChI is InChI=1S/C8H10N4S/c1-5-3-4-12(11-5)7-6(2)13-8(9)10-7/h3-4H,1-2H3,(H2,9,10). The second kappa shape index (κ2) is 2.85. The zero-order valence-electron chi connectivity index (χ0n) is 7.48. The van der Waals surface area contributed by atoms with Crippen LogP contribution < -0.4 is 5.73 Å². The second-order valence-corrected chi connectivity index (χ2v) is 4.07. The van der Waals surface area contributed by atoms with Gasteiger partial charge in [-0.2, -0.15) is 5.10 Å². The molecule has 2 aromatic rings. The molecule has 0 spiro atoms. The molecule has 2 aromatic heterocycles. The van der Waals surface area contributed by atoms with Crippen molar-refractivity contribution in [2.75, 3.05) is 5.73 Å². The number of nitrogen functional groups attached to an aromatic ring is 1. The first kappa shape index (κ1) is 8.25.